The van der Waals surface area contributed by atoms with E-state index in [0.717, 1.165) is 6.42 Å². The fraction of sp³-hybridized carbons (Fsp3) is 0.778. The van der Waals surface area contributed by atoms with Crippen LogP contribution >= 0.6 is 0 Å². The molecule has 2 nitrogen and oxygen atoms in total. The lowest BCUT2D eigenvalue weighted by Crippen LogP contribution is -2.30. The molecule has 0 spiro atoms. The second kappa shape index (κ2) is 3.63. The van der Waals surface area contributed by atoms with Gasteiger partial charge in [-0.3, -0.25) is 0 Å². The van der Waals surface area contributed by atoms with Crippen molar-refractivity contribution in [2.24, 2.45) is 0 Å². The zero-order valence-electron chi connectivity index (χ0n) is 8.33. The normalized spacial score (nSPS) is 28.7. The summed E-state index contributed by atoms with van der Waals surface area (Å²) in [5, 5.41) is 0. The van der Waals surface area contributed by atoms with E-state index in [1.807, 2.05) is 12.9 Å². The molecule has 1 aliphatic rings. The second-order valence-corrected chi connectivity index (χ2v) is 3.70. The Labute approximate surface area is 75.1 Å². The van der Waals surface area contributed by atoms with Crippen LogP contribution in [-0.2, 0) is 9.31 Å². The van der Waals surface area contributed by atoms with Crippen molar-refractivity contribution >= 4 is 7.12 Å². The van der Waals surface area contributed by atoms with Crippen molar-refractivity contribution in [3.05, 3.63) is 12.1 Å². The first-order valence-electron chi connectivity index (χ1n) is 4.56. The van der Waals surface area contributed by atoms with E-state index in [9.17, 15) is 0 Å². The maximum Gasteiger partial charge on any atom is 0.486 e. The summed E-state index contributed by atoms with van der Waals surface area (Å²) in [6, 6.07) is 0. The third-order valence-electron chi connectivity index (χ3n) is 2.27. The third kappa shape index (κ3) is 2.11. The fourth-order valence-corrected chi connectivity index (χ4v) is 1.12. The Hall–Kier alpha value is -0.275. The molecule has 0 amide bonds. The summed E-state index contributed by atoms with van der Waals surface area (Å²) in [6.45, 7) is 8.24. The minimum atomic E-state index is -0.150. The highest BCUT2D eigenvalue weighted by atomic mass is 16.7. The first kappa shape index (κ1) is 9.81. The largest absolute Gasteiger partial charge is 0.486 e. The van der Waals surface area contributed by atoms with Crippen LogP contribution in [0.2, 0.25) is 0 Å². The maximum absolute atomic E-state index is 5.65. The van der Waals surface area contributed by atoms with Gasteiger partial charge in [-0.2, -0.15) is 0 Å². The molecule has 1 atom stereocenters. The van der Waals surface area contributed by atoms with E-state index in [-0.39, 0.29) is 18.8 Å². The van der Waals surface area contributed by atoms with Gasteiger partial charge in [-0.05, 0) is 27.2 Å². The average molecular weight is 168 g/mol. The minimum absolute atomic E-state index is 0.144. The lowest BCUT2D eigenvalue weighted by Gasteiger charge is -2.21. The fourth-order valence-electron chi connectivity index (χ4n) is 1.12. The number of rotatable bonds is 2. The van der Waals surface area contributed by atoms with E-state index in [0.29, 0.717) is 0 Å². The molecule has 1 aliphatic heterocycles. The molecule has 1 fully saturated rings. The van der Waals surface area contributed by atoms with Crippen molar-refractivity contribution in [2.75, 3.05) is 0 Å². The summed E-state index contributed by atoms with van der Waals surface area (Å²) in [5.74, 6) is 1.98. The molecule has 0 radical (unpaired) electrons. The molecule has 0 saturated carbocycles. The van der Waals surface area contributed by atoms with Crippen LogP contribution in [0, 0.1) is 0 Å². The number of allylic oxidation sites excluding steroid dienone is 1. The monoisotopic (exact) mass is 168 g/mol. The lowest BCUT2D eigenvalue weighted by molar-refractivity contribution is 0.0842. The Balaban J connectivity index is 2.49. The summed E-state index contributed by atoms with van der Waals surface area (Å²) >= 11 is 0. The molecule has 0 aromatic heterocycles. The predicted octanol–water partition coefficient (Wildman–Crippen LogP) is 2.19. The second-order valence-electron chi connectivity index (χ2n) is 3.70. The molecule has 1 unspecified atom stereocenters. The quantitative estimate of drug-likeness (QED) is 0.588. The maximum atomic E-state index is 5.65. The molecule has 3 heteroatoms. The molecule has 68 valence electrons. The summed E-state index contributed by atoms with van der Waals surface area (Å²) in [4.78, 5) is 0. The Morgan fingerprint density at radius 2 is 2.17 bits per heavy atom. The van der Waals surface area contributed by atoms with E-state index in [1.54, 1.807) is 0 Å². The van der Waals surface area contributed by atoms with Gasteiger partial charge in [0.15, 0.2) is 0 Å². The summed E-state index contributed by atoms with van der Waals surface area (Å²) < 4.78 is 11.2. The SMILES string of the molecule is CC/C=C/B1OC(C)C(C)(C)O1. The van der Waals surface area contributed by atoms with Crippen LogP contribution in [0.4, 0.5) is 0 Å². The van der Waals surface area contributed by atoms with Gasteiger partial charge in [0.25, 0.3) is 0 Å². The van der Waals surface area contributed by atoms with Crippen molar-refractivity contribution < 1.29 is 9.31 Å². The topological polar surface area (TPSA) is 18.5 Å². The molecule has 1 heterocycles. The summed E-state index contributed by atoms with van der Waals surface area (Å²) in [6.07, 6.45) is 3.26. The Bertz CT molecular complexity index is 177. The van der Waals surface area contributed by atoms with Crippen molar-refractivity contribution in [3.63, 3.8) is 0 Å². The molecule has 1 saturated heterocycles. The zero-order valence-corrected chi connectivity index (χ0v) is 8.33. The van der Waals surface area contributed by atoms with Gasteiger partial charge in [0, 0.05) is 0 Å². The van der Waals surface area contributed by atoms with Crippen molar-refractivity contribution in [1.82, 2.24) is 0 Å². The van der Waals surface area contributed by atoms with Gasteiger partial charge in [0.2, 0.25) is 0 Å². The molecule has 1 rings (SSSR count). The highest BCUT2D eigenvalue weighted by Crippen LogP contribution is 2.27. The standard InChI is InChI=1S/C9H17BO2/c1-5-6-7-10-11-8(2)9(3,4)12-10/h6-8H,5H2,1-4H3/b7-6+. The van der Waals surface area contributed by atoms with Crippen LogP contribution in [-0.4, -0.2) is 18.8 Å². The average Bonchev–Trinajstić information content (AvgIpc) is 2.22. The Kier molecular flexibility index (Phi) is 2.96. The van der Waals surface area contributed by atoms with E-state index >= 15 is 0 Å². The van der Waals surface area contributed by atoms with Crippen molar-refractivity contribution in [1.29, 1.82) is 0 Å². The molecule has 0 aliphatic carbocycles. The van der Waals surface area contributed by atoms with Crippen molar-refractivity contribution in [3.8, 4) is 0 Å². The van der Waals surface area contributed by atoms with E-state index < -0.39 is 0 Å². The molecule has 0 aromatic rings. The molecular weight excluding hydrogens is 151 g/mol. The van der Waals surface area contributed by atoms with E-state index in [2.05, 4.69) is 26.8 Å². The van der Waals surface area contributed by atoms with Gasteiger partial charge in [0.05, 0.1) is 11.7 Å². The van der Waals surface area contributed by atoms with Gasteiger partial charge >= 0.3 is 7.12 Å². The lowest BCUT2D eigenvalue weighted by atomic mass is 9.90. The van der Waals surface area contributed by atoms with Gasteiger partial charge < -0.3 is 9.31 Å². The first-order chi connectivity index (χ1) is 5.56. The van der Waals surface area contributed by atoms with Crippen LogP contribution in [0.5, 0.6) is 0 Å². The smallest absolute Gasteiger partial charge is 0.402 e. The van der Waals surface area contributed by atoms with Crippen LogP contribution in [0.15, 0.2) is 12.1 Å². The molecule has 12 heavy (non-hydrogen) atoms. The van der Waals surface area contributed by atoms with Crippen LogP contribution in [0.3, 0.4) is 0 Å². The van der Waals surface area contributed by atoms with E-state index in [4.69, 9.17) is 9.31 Å². The molecule has 0 bridgehead atoms. The van der Waals surface area contributed by atoms with Crippen molar-refractivity contribution in [2.45, 2.75) is 45.8 Å². The van der Waals surface area contributed by atoms with Crippen LogP contribution in [0.1, 0.15) is 34.1 Å². The van der Waals surface area contributed by atoms with Gasteiger partial charge in [-0.15, -0.1) is 0 Å². The highest BCUT2D eigenvalue weighted by molar-refractivity contribution is 6.51. The highest BCUT2D eigenvalue weighted by Gasteiger charge is 2.41. The van der Waals surface area contributed by atoms with E-state index in [1.165, 1.54) is 0 Å². The third-order valence-corrected chi connectivity index (χ3v) is 2.27. The zero-order chi connectivity index (χ0) is 9.19. The molecule has 0 N–H and O–H groups in total. The van der Waals surface area contributed by atoms with Gasteiger partial charge in [0.1, 0.15) is 0 Å². The van der Waals surface area contributed by atoms with Gasteiger partial charge in [-0.1, -0.05) is 19.0 Å². The predicted molar refractivity (Wildman–Crippen MR) is 50.9 cm³/mol. The molecule has 0 aromatic carbocycles. The Morgan fingerprint density at radius 3 is 2.58 bits per heavy atom. The van der Waals surface area contributed by atoms with Crippen LogP contribution < -0.4 is 0 Å². The number of hydrogen-bond acceptors (Lipinski definition) is 2. The first-order valence-corrected chi connectivity index (χ1v) is 4.56. The van der Waals surface area contributed by atoms with Gasteiger partial charge in [-0.25, -0.2) is 0 Å². The molecular formula is C9H17BO2. The van der Waals surface area contributed by atoms with Crippen LogP contribution in [0.25, 0.3) is 0 Å². The minimum Gasteiger partial charge on any atom is -0.402 e. The summed E-state index contributed by atoms with van der Waals surface area (Å²) in [7, 11) is -0.144. The summed E-state index contributed by atoms with van der Waals surface area (Å²) in [5.41, 5.74) is -0.150. The Morgan fingerprint density at radius 1 is 1.50 bits per heavy atom. The number of hydrogen-bond donors (Lipinski definition) is 0.